The van der Waals surface area contributed by atoms with Gasteiger partial charge in [-0.3, -0.25) is 4.57 Å². The minimum Gasteiger partial charge on any atom is -0.305 e. The molecule has 0 aliphatic rings. The Balaban J connectivity index is 2.21. The largest absolute Gasteiger partial charge is 0.361 e. The first-order chi connectivity index (χ1) is 15.7. The van der Waals surface area contributed by atoms with Crippen molar-refractivity contribution >= 4 is 12.9 Å². The van der Waals surface area contributed by atoms with Crippen molar-refractivity contribution < 1.29 is 13.6 Å². The molecule has 0 bridgehead atoms. The predicted octanol–water partition coefficient (Wildman–Crippen LogP) is 9.60. The Bertz CT molecular complexity index is 533. The Labute approximate surface area is 199 Å². The van der Waals surface area contributed by atoms with Crippen molar-refractivity contribution in [2.24, 2.45) is 0 Å². The van der Waals surface area contributed by atoms with Crippen molar-refractivity contribution in [3.63, 3.8) is 0 Å². The summed E-state index contributed by atoms with van der Waals surface area (Å²) in [6.45, 7) is 5.54. The van der Waals surface area contributed by atoms with E-state index in [9.17, 15) is 4.57 Å². The maximum Gasteiger partial charge on any atom is 0.361 e. The summed E-state index contributed by atoms with van der Waals surface area (Å²) < 4.78 is 25.2. The van der Waals surface area contributed by atoms with Gasteiger partial charge in [-0.1, -0.05) is 135 Å². The molecule has 1 rings (SSSR count). The van der Waals surface area contributed by atoms with Crippen LogP contribution in [0, 0.1) is 0 Å². The first-order valence-electron chi connectivity index (χ1n) is 13.7. The second kappa shape index (κ2) is 20.9. The lowest BCUT2D eigenvalue weighted by Gasteiger charge is -2.19. The maximum absolute atomic E-state index is 13.4. The Kier molecular flexibility index (Phi) is 19.2. The van der Waals surface area contributed by atoms with Crippen LogP contribution in [-0.2, 0) is 13.6 Å². The smallest absolute Gasteiger partial charge is 0.305 e. The molecule has 1 aromatic rings. The first kappa shape index (κ1) is 29.4. The van der Waals surface area contributed by atoms with Gasteiger partial charge in [0.25, 0.3) is 0 Å². The summed E-state index contributed by atoms with van der Waals surface area (Å²) in [4.78, 5) is 0. The topological polar surface area (TPSA) is 35.5 Å². The number of hydrogen-bond acceptors (Lipinski definition) is 3. The fourth-order valence-electron chi connectivity index (χ4n) is 3.99. The minimum atomic E-state index is -3.22. The quantitative estimate of drug-likeness (QED) is 0.119. The molecule has 0 N–H and O–H groups in total. The average molecular weight is 467 g/mol. The molecule has 0 fully saturated rings. The highest BCUT2D eigenvalue weighted by Crippen LogP contribution is 2.47. The molecule has 0 atom stereocenters. The molecule has 0 aliphatic carbocycles. The number of rotatable bonds is 23. The highest BCUT2D eigenvalue weighted by atomic mass is 31.2. The monoisotopic (exact) mass is 466 g/mol. The van der Waals surface area contributed by atoms with E-state index in [1.807, 2.05) is 30.3 Å². The minimum absolute atomic E-state index is 0.514. The predicted molar refractivity (Wildman–Crippen MR) is 140 cm³/mol. The van der Waals surface area contributed by atoms with Gasteiger partial charge < -0.3 is 9.05 Å². The van der Waals surface area contributed by atoms with E-state index in [0.29, 0.717) is 18.5 Å². The van der Waals surface area contributed by atoms with Crippen LogP contribution in [0.5, 0.6) is 0 Å². The van der Waals surface area contributed by atoms with Crippen LogP contribution in [-0.4, -0.2) is 13.2 Å². The van der Waals surface area contributed by atoms with Crippen LogP contribution in [0.3, 0.4) is 0 Å². The summed E-state index contributed by atoms with van der Waals surface area (Å²) in [7, 11) is -3.22. The van der Waals surface area contributed by atoms with Gasteiger partial charge in [-0.15, -0.1) is 0 Å². The van der Waals surface area contributed by atoms with Crippen LogP contribution in [0.25, 0.3) is 0 Å². The van der Waals surface area contributed by atoms with E-state index < -0.39 is 7.60 Å². The third-order valence-corrected chi connectivity index (χ3v) is 8.07. The Morgan fingerprint density at radius 1 is 0.531 bits per heavy atom. The lowest BCUT2D eigenvalue weighted by Crippen LogP contribution is -2.11. The van der Waals surface area contributed by atoms with Crippen molar-refractivity contribution in [1.82, 2.24) is 0 Å². The van der Waals surface area contributed by atoms with Gasteiger partial charge in [-0.05, 0) is 25.0 Å². The second-order valence-electron chi connectivity index (χ2n) is 9.16. The molecular weight excluding hydrogens is 415 g/mol. The van der Waals surface area contributed by atoms with Crippen molar-refractivity contribution in [1.29, 1.82) is 0 Å². The van der Waals surface area contributed by atoms with Gasteiger partial charge in [0.15, 0.2) is 0 Å². The van der Waals surface area contributed by atoms with Gasteiger partial charge in [-0.25, -0.2) is 0 Å². The van der Waals surface area contributed by atoms with E-state index in [2.05, 4.69) is 13.8 Å². The SMILES string of the molecule is CCCCCCCCCCCOP(=O)(OCCCCCCCCCCC)c1ccccc1. The van der Waals surface area contributed by atoms with Crippen LogP contribution >= 0.6 is 7.60 Å². The number of unbranched alkanes of at least 4 members (excludes halogenated alkanes) is 16. The summed E-state index contributed by atoms with van der Waals surface area (Å²) >= 11 is 0. The molecule has 0 saturated carbocycles. The van der Waals surface area contributed by atoms with Crippen LogP contribution in [0.4, 0.5) is 0 Å². The molecule has 186 valence electrons. The van der Waals surface area contributed by atoms with E-state index in [0.717, 1.165) is 25.7 Å². The van der Waals surface area contributed by atoms with E-state index >= 15 is 0 Å². The van der Waals surface area contributed by atoms with Crippen LogP contribution in [0.1, 0.15) is 129 Å². The molecule has 0 aliphatic heterocycles. The normalized spacial score (nSPS) is 11.8. The van der Waals surface area contributed by atoms with Crippen LogP contribution < -0.4 is 5.30 Å². The molecule has 32 heavy (non-hydrogen) atoms. The van der Waals surface area contributed by atoms with Gasteiger partial charge in [0.1, 0.15) is 0 Å². The van der Waals surface area contributed by atoms with Crippen molar-refractivity contribution in [3.05, 3.63) is 30.3 Å². The van der Waals surface area contributed by atoms with Crippen molar-refractivity contribution in [2.75, 3.05) is 13.2 Å². The van der Waals surface area contributed by atoms with Gasteiger partial charge in [0.05, 0.1) is 18.5 Å². The summed E-state index contributed by atoms with van der Waals surface area (Å²) in [5.41, 5.74) is 0. The molecule has 0 unspecified atom stereocenters. The van der Waals surface area contributed by atoms with Crippen molar-refractivity contribution in [3.8, 4) is 0 Å². The van der Waals surface area contributed by atoms with Crippen molar-refractivity contribution in [2.45, 2.75) is 129 Å². The Hall–Kier alpha value is -0.630. The Morgan fingerprint density at radius 2 is 0.875 bits per heavy atom. The fourth-order valence-corrected chi connectivity index (χ4v) is 5.64. The summed E-state index contributed by atoms with van der Waals surface area (Å²) in [5.74, 6) is 0. The zero-order valence-corrected chi connectivity index (χ0v) is 22.1. The third-order valence-electron chi connectivity index (χ3n) is 6.09. The molecule has 0 saturated heterocycles. The summed E-state index contributed by atoms with van der Waals surface area (Å²) in [6, 6.07) is 9.49. The molecule has 0 spiro atoms. The highest BCUT2D eigenvalue weighted by molar-refractivity contribution is 7.62. The summed E-state index contributed by atoms with van der Waals surface area (Å²) in [5, 5.41) is 0.687. The molecule has 3 nitrogen and oxygen atoms in total. The first-order valence-corrected chi connectivity index (χ1v) is 15.2. The van der Waals surface area contributed by atoms with Gasteiger partial charge >= 0.3 is 7.60 Å². The van der Waals surface area contributed by atoms with E-state index in [4.69, 9.17) is 9.05 Å². The van der Waals surface area contributed by atoms with Gasteiger partial charge in [0, 0.05) is 0 Å². The fraction of sp³-hybridized carbons (Fsp3) is 0.786. The van der Waals surface area contributed by atoms with Crippen LogP contribution in [0.2, 0.25) is 0 Å². The molecule has 4 heteroatoms. The lowest BCUT2D eigenvalue weighted by molar-refractivity contribution is 0.206. The average Bonchev–Trinajstić information content (AvgIpc) is 2.82. The molecule has 0 aromatic heterocycles. The molecule has 0 amide bonds. The maximum atomic E-state index is 13.4. The summed E-state index contributed by atoms with van der Waals surface area (Å²) in [6.07, 6.45) is 22.7. The highest BCUT2D eigenvalue weighted by Gasteiger charge is 2.27. The molecular formula is C28H51O3P. The number of benzene rings is 1. The molecule has 0 radical (unpaired) electrons. The second-order valence-corrected chi connectivity index (χ2v) is 11.2. The third kappa shape index (κ3) is 15.3. The molecule has 1 aromatic carbocycles. The zero-order chi connectivity index (χ0) is 23.2. The Morgan fingerprint density at radius 3 is 1.25 bits per heavy atom. The van der Waals surface area contributed by atoms with E-state index in [1.165, 1.54) is 89.9 Å². The standard InChI is InChI=1S/C28H51O3P/c1-3-5-7-9-11-13-15-17-22-26-30-32(29,28-24-20-19-21-25-28)31-27-23-18-16-14-12-10-8-6-4-2/h19-21,24-25H,3-18,22-23,26-27H2,1-2H3. The van der Waals surface area contributed by atoms with Gasteiger partial charge in [-0.2, -0.15) is 0 Å². The van der Waals surface area contributed by atoms with E-state index in [1.54, 1.807) is 0 Å². The lowest BCUT2D eigenvalue weighted by atomic mass is 10.1. The zero-order valence-electron chi connectivity index (χ0n) is 21.2. The number of hydrogen-bond donors (Lipinski definition) is 0. The van der Waals surface area contributed by atoms with E-state index in [-0.39, 0.29) is 0 Å². The van der Waals surface area contributed by atoms with Crippen LogP contribution in [0.15, 0.2) is 30.3 Å². The molecule has 0 heterocycles. The van der Waals surface area contributed by atoms with Gasteiger partial charge in [0.2, 0.25) is 0 Å².